The molecule has 1 aromatic rings. The third kappa shape index (κ3) is 2.58. The van der Waals surface area contributed by atoms with E-state index in [0.717, 1.165) is 12.1 Å². The molecule has 1 heterocycles. The van der Waals surface area contributed by atoms with Crippen molar-refractivity contribution >= 4 is 17.9 Å². The van der Waals surface area contributed by atoms with Gasteiger partial charge in [0.15, 0.2) is 11.6 Å². The van der Waals surface area contributed by atoms with Crippen LogP contribution in [0.3, 0.4) is 0 Å². The summed E-state index contributed by atoms with van der Waals surface area (Å²) in [7, 11) is 0. The molecule has 94 valence electrons. The molecular weight excluding hydrogens is 247 g/mol. The van der Waals surface area contributed by atoms with Gasteiger partial charge in [-0.3, -0.25) is 0 Å². The summed E-state index contributed by atoms with van der Waals surface area (Å²) >= 11 is 0. The molecule has 3 nitrogen and oxygen atoms in total. The number of aliphatic imine (C=N–C) groups is 1. The number of halogens is 3. The van der Waals surface area contributed by atoms with Gasteiger partial charge in [-0.2, -0.15) is 13.2 Å². The molecule has 0 spiro atoms. The van der Waals surface area contributed by atoms with Gasteiger partial charge in [0.1, 0.15) is 0 Å². The summed E-state index contributed by atoms with van der Waals surface area (Å²) in [6.07, 6.45) is -3.15. The van der Waals surface area contributed by atoms with E-state index in [9.17, 15) is 18.0 Å². The minimum Gasteiger partial charge on any atom is -0.407 e. The molecule has 2 rings (SSSR count). The number of nitrogens with zero attached hydrogens (tertiary/aromatic N) is 1. The normalized spacial score (nSPS) is 17.9. The van der Waals surface area contributed by atoms with E-state index in [0.29, 0.717) is 0 Å². The molecular formula is C12H8F3NO2. The summed E-state index contributed by atoms with van der Waals surface area (Å²) < 4.78 is 42.1. The molecule has 0 atom stereocenters. The van der Waals surface area contributed by atoms with Crippen molar-refractivity contribution < 1.29 is 22.7 Å². The second-order valence-electron chi connectivity index (χ2n) is 3.67. The van der Waals surface area contributed by atoms with Crippen molar-refractivity contribution in [1.29, 1.82) is 0 Å². The smallest absolute Gasteiger partial charge is 0.407 e. The molecule has 0 bridgehead atoms. The Morgan fingerprint density at radius 2 is 2.06 bits per heavy atom. The molecule has 1 aliphatic rings. The number of benzene rings is 1. The minimum atomic E-state index is -4.41. The summed E-state index contributed by atoms with van der Waals surface area (Å²) in [5.74, 6) is -0.483. The molecule has 18 heavy (non-hydrogen) atoms. The first kappa shape index (κ1) is 12.3. The van der Waals surface area contributed by atoms with E-state index in [2.05, 4.69) is 9.73 Å². The van der Waals surface area contributed by atoms with Gasteiger partial charge in [-0.25, -0.2) is 9.79 Å². The zero-order valence-electron chi connectivity index (χ0n) is 9.28. The molecule has 0 amide bonds. The lowest BCUT2D eigenvalue weighted by Gasteiger charge is -2.06. The lowest BCUT2D eigenvalue weighted by molar-refractivity contribution is -0.137. The van der Waals surface area contributed by atoms with E-state index in [4.69, 9.17) is 0 Å². The summed E-state index contributed by atoms with van der Waals surface area (Å²) in [4.78, 5) is 15.0. The van der Waals surface area contributed by atoms with E-state index in [-0.39, 0.29) is 17.2 Å². The van der Waals surface area contributed by atoms with Gasteiger partial charge in [-0.15, -0.1) is 0 Å². The Morgan fingerprint density at radius 1 is 1.33 bits per heavy atom. The van der Waals surface area contributed by atoms with Gasteiger partial charge in [0.05, 0.1) is 5.56 Å². The fraction of sp³-hybridized carbons (Fsp3) is 0.167. The maximum atomic E-state index is 12.5. The third-order valence-corrected chi connectivity index (χ3v) is 2.24. The predicted molar refractivity (Wildman–Crippen MR) is 58.6 cm³/mol. The van der Waals surface area contributed by atoms with E-state index < -0.39 is 17.7 Å². The first-order valence-corrected chi connectivity index (χ1v) is 5.03. The maximum Gasteiger partial charge on any atom is 0.416 e. The molecule has 0 saturated heterocycles. The number of rotatable bonds is 1. The van der Waals surface area contributed by atoms with Crippen LogP contribution >= 0.6 is 0 Å². The lowest BCUT2D eigenvalue weighted by Crippen LogP contribution is -2.04. The van der Waals surface area contributed by atoms with Crippen LogP contribution < -0.4 is 0 Å². The molecule has 0 radical (unpaired) electrons. The standard InChI is InChI=1S/C12H8F3NO2/c1-7-16-10(11(17)18-7)6-8-3-2-4-9(5-8)12(13,14)15/h2-6H,1H3. The van der Waals surface area contributed by atoms with E-state index in [1.54, 1.807) is 0 Å². The van der Waals surface area contributed by atoms with Crippen LogP contribution in [0.4, 0.5) is 13.2 Å². The highest BCUT2D eigenvalue weighted by Crippen LogP contribution is 2.30. The van der Waals surface area contributed by atoms with Crippen molar-refractivity contribution in [2.75, 3.05) is 0 Å². The number of carbonyl (C=O) groups excluding carboxylic acids is 1. The molecule has 0 saturated carbocycles. The van der Waals surface area contributed by atoms with Crippen molar-refractivity contribution in [3.8, 4) is 0 Å². The van der Waals surface area contributed by atoms with Crippen molar-refractivity contribution in [1.82, 2.24) is 0 Å². The van der Waals surface area contributed by atoms with Gasteiger partial charge < -0.3 is 4.74 Å². The summed E-state index contributed by atoms with van der Waals surface area (Å²) in [5, 5.41) is 0. The maximum absolute atomic E-state index is 12.5. The molecule has 0 unspecified atom stereocenters. The largest absolute Gasteiger partial charge is 0.416 e. The molecule has 6 heteroatoms. The third-order valence-electron chi connectivity index (χ3n) is 2.24. The molecule has 1 aromatic carbocycles. The highest BCUT2D eigenvalue weighted by atomic mass is 19.4. The summed E-state index contributed by atoms with van der Waals surface area (Å²) in [6.45, 7) is 1.49. The number of carbonyl (C=O) groups is 1. The van der Waals surface area contributed by atoms with Gasteiger partial charge in [0.25, 0.3) is 0 Å². The second-order valence-corrected chi connectivity index (χ2v) is 3.67. The van der Waals surface area contributed by atoms with Gasteiger partial charge in [0, 0.05) is 6.92 Å². The SMILES string of the molecule is CC1=NC(=Cc2cccc(C(F)(F)F)c2)C(=O)O1. The van der Waals surface area contributed by atoms with Gasteiger partial charge in [0.2, 0.25) is 0 Å². The van der Waals surface area contributed by atoms with E-state index in [1.165, 1.54) is 25.1 Å². The molecule has 0 aromatic heterocycles. The van der Waals surface area contributed by atoms with Crippen molar-refractivity contribution in [2.24, 2.45) is 4.99 Å². The summed E-state index contributed by atoms with van der Waals surface area (Å²) in [6, 6.07) is 4.64. The summed E-state index contributed by atoms with van der Waals surface area (Å²) in [5.41, 5.74) is -0.536. The molecule has 0 aliphatic carbocycles. The topological polar surface area (TPSA) is 38.7 Å². The fourth-order valence-corrected chi connectivity index (χ4v) is 1.48. The highest BCUT2D eigenvalue weighted by Gasteiger charge is 2.30. The van der Waals surface area contributed by atoms with Crippen LogP contribution in [0, 0.1) is 0 Å². The first-order valence-electron chi connectivity index (χ1n) is 5.03. The Bertz CT molecular complexity index is 559. The second kappa shape index (κ2) is 4.29. The van der Waals surface area contributed by atoms with Crippen molar-refractivity contribution in [2.45, 2.75) is 13.1 Å². The number of cyclic esters (lactones) is 1. The average molecular weight is 255 g/mol. The first-order chi connectivity index (χ1) is 8.36. The van der Waals surface area contributed by atoms with Crippen LogP contribution in [0.5, 0.6) is 0 Å². The Hall–Kier alpha value is -2.11. The van der Waals surface area contributed by atoms with Gasteiger partial charge in [-0.1, -0.05) is 12.1 Å². The van der Waals surface area contributed by atoms with E-state index in [1.807, 2.05) is 0 Å². The average Bonchev–Trinajstić information content (AvgIpc) is 2.56. The Morgan fingerprint density at radius 3 is 2.61 bits per heavy atom. The minimum absolute atomic E-state index is 0.00757. The monoisotopic (exact) mass is 255 g/mol. The van der Waals surface area contributed by atoms with Crippen LogP contribution in [0.1, 0.15) is 18.1 Å². The Balaban J connectivity index is 2.36. The van der Waals surface area contributed by atoms with Crippen LogP contribution in [-0.2, 0) is 15.7 Å². The molecule has 1 aliphatic heterocycles. The van der Waals surface area contributed by atoms with Crippen LogP contribution in [0.2, 0.25) is 0 Å². The highest BCUT2D eigenvalue weighted by molar-refractivity contribution is 6.06. The van der Waals surface area contributed by atoms with E-state index >= 15 is 0 Å². The predicted octanol–water partition coefficient (Wildman–Crippen LogP) is 3.02. The quantitative estimate of drug-likeness (QED) is 0.571. The van der Waals surface area contributed by atoms with Crippen molar-refractivity contribution in [3.63, 3.8) is 0 Å². The zero-order valence-corrected chi connectivity index (χ0v) is 9.28. The van der Waals surface area contributed by atoms with Crippen LogP contribution in [0.25, 0.3) is 6.08 Å². The Kier molecular flexibility index (Phi) is 2.94. The number of alkyl halides is 3. The lowest BCUT2D eigenvalue weighted by atomic mass is 10.1. The zero-order chi connectivity index (χ0) is 13.3. The fourth-order valence-electron chi connectivity index (χ4n) is 1.48. The Labute approximate surface area is 101 Å². The number of esters is 1. The number of ether oxygens (including phenoxy) is 1. The van der Waals surface area contributed by atoms with Gasteiger partial charge in [-0.05, 0) is 23.8 Å². The molecule has 0 fully saturated rings. The molecule has 0 N–H and O–H groups in total. The number of hydrogen-bond donors (Lipinski definition) is 0. The number of hydrogen-bond acceptors (Lipinski definition) is 3. The van der Waals surface area contributed by atoms with Crippen molar-refractivity contribution in [3.05, 3.63) is 41.1 Å². The van der Waals surface area contributed by atoms with Crippen LogP contribution in [-0.4, -0.2) is 11.9 Å². The van der Waals surface area contributed by atoms with Gasteiger partial charge >= 0.3 is 12.1 Å². The van der Waals surface area contributed by atoms with Crippen LogP contribution in [0.15, 0.2) is 35.0 Å².